The average molecular weight is 227 g/mol. The van der Waals surface area contributed by atoms with Gasteiger partial charge in [0.2, 0.25) is 0 Å². The van der Waals surface area contributed by atoms with Crippen molar-refractivity contribution in [1.82, 2.24) is 5.32 Å². The molecule has 15 heavy (non-hydrogen) atoms. The number of rotatable bonds is 6. The third-order valence-electron chi connectivity index (χ3n) is 3.65. The second-order valence-electron chi connectivity index (χ2n) is 5.41. The first-order valence-corrected chi connectivity index (χ1v) is 7.72. The van der Waals surface area contributed by atoms with Gasteiger partial charge in [-0.3, -0.25) is 0 Å². The van der Waals surface area contributed by atoms with E-state index in [-0.39, 0.29) is 0 Å². The van der Waals surface area contributed by atoms with E-state index >= 15 is 0 Å². The van der Waals surface area contributed by atoms with E-state index < -0.39 is 0 Å². The highest BCUT2D eigenvalue weighted by Crippen LogP contribution is 2.31. The van der Waals surface area contributed by atoms with Crippen molar-refractivity contribution < 1.29 is 0 Å². The Kier molecular flexibility index (Phi) is 4.83. The summed E-state index contributed by atoms with van der Waals surface area (Å²) in [4.78, 5) is 0. The van der Waals surface area contributed by atoms with Gasteiger partial charge in [0.05, 0.1) is 0 Å². The van der Waals surface area contributed by atoms with E-state index in [1.807, 2.05) is 0 Å². The number of thioether (sulfide) groups is 1. The van der Waals surface area contributed by atoms with Crippen molar-refractivity contribution in [3.63, 3.8) is 0 Å². The predicted octanol–water partition coefficient (Wildman–Crippen LogP) is 3.30. The normalized spacial score (nSPS) is 31.8. The summed E-state index contributed by atoms with van der Waals surface area (Å²) in [5.74, 6) is 3.34. The van der Waals surface area contributed by atoms with Crippen molar-refractivity contribution >= 4 is 11.8 Å². The molecule has 0 aliphatic heterocycles. The first-order valence-electron chi connectivity index (χ1n) is 6.67. The molecule has 2 heteroatoms. The molecule has 0 aromatic carbocycles. The highest BCUT2D eigenvalue weighted by molar-refractivity contribution is 7.99. The van der Waals surface area contributed by atoms with Crippen LogP contribution in [0.5, 0.6) is 0 Å². The maximum atomic E-state index is 3.58. The third-order valence-corrected chi connectivity index (χ3v) is 4.99. The molecule has 0 radical (unpaired) electrons. The van der Waals surface area contributed by atoms with E-state index in [0.717, 1.165) is 17.1 Å². The van der Waals surface area contributed by atoms with E-state index in [4.69, 9.17) is 0 Å². The van der Waals surface area contributed by atoms with Crippen LogP contribution in [0.25, 0.3) is 0 Å². The monoisotopic (exact) mass is 227 g/mol. The zero-order valence-electron chi connectivity index (χ0n) is 10.0. The number of hydrogen-bond acceptors (Lipinski definition) is 2. The summed E-state index contributed by atoms with van der Waals surface area (Å²) in [6, 6.07) is 0. The molecular formula is C13H25NS. The molecule has 0 amide bonds. The van der Waals surface area contributed by atoms with Crippen molar-refractivity contribution in [2.75, 3.05) is 18.8 Å². The minimum Gasteiger partial charge on any atom is -0.316 e. The van der Waals surface area contributed by atoms with Gasteiger partial charge in [-0.25, -0.2) is 0 Å². The van der Waals surface area contributed by atoms with Gasteiger partial charge in [-0.1, -0.05) is 19.8 Å². The van der Waals surface area contributed by atoms with Crippen molar-refractivity contribution in [1.29, 1.82) is 0 Å². The Morgan fingerprint density at radius 3 is 2.80 bits per heavy atom. The van der Waals surface area contributed by atoms with Gasteiger partial charge >= 0.3 is 0 Å². The van der Waals surface area contributed by atoms with Gasteiger partial charge in [-0.15, -0.1) is 0 Å². The molecule has 0 aromatic rings. The van der Waals surface area contributed by atoms with Crippen LogP contribution in [-0.2, 0) is 0 Å². The lowest BCUT2D eigenvalue weighted by Crippen LogP contribution is -2.22. The van der Waals surface area contributed by atoms with Gasteiger partial charge in [-0.05, 0) is 44.1 Å². The van der Waals surface area contributed by atoms with Gasteiger partial charge in [0.25, 0.3) is 0 Å². The van der Waals surface area contributed by atoms with Crippen molar-refractivity contribution in [2.24, 2.45) is 11.8 Å². The Labute approximate surface area is 98.8 Å². The summed E-state index contributed by atoms with van der Waals surface area (Å²) in [5, 5.41) is 4.55. The Morgan fingerprint density at radius 2 is 2.07 bits per heavy atom. The quantitative estimate of drug-likeness (QED) is 0.699. The molecule has 1 nitrogen and oxygen atoms in total. The lowest BCUT2D eigenvalue weighted by molar-refractivity contribution is 0.394. The summed E-state index contributed by atoms with van der Waals surface area (Å²) < 4.78 is 0. The summed E-state index contributed by atoms with van der Waals surface area (Å²) >= 11 is 2.21. The van der Waals surface area contributed by atoms with E-state index in [0.29, 0.717) is 0 Å². The second kappa shape index (κ2) is 6.15. The topological polar surface area (TPSA) is 12.0 Å². The van der Waals surface area contributed by atoms with Crippen LogP contribution in [0, 0.1) is 11.8 Å². The zero-order valence-corrected chi connectivity index (χ0v) is 10.8. The molecule has 88 valence electrons. The minimum atomic E-state index is 0.969. The maximum Gasteiger partial charge on any atom is 0.00608 e. The molecule has 2 aliphatic carbocycles. The van der Waals surface area contributed by atoms with Crippen LogP contribution in [0.1, 0.15) is 45.4 Å². The van der Waals surface area contributed by atoms with Gasteiger partial charge in [0, 0.05) is 17.5 Å². The molecule has 0 spiro atoms. The molecule has 0 bridgehead atoms. The van der Waals surface area contributed by atoms with Gasteiger partial charge in [0.1, 0.15) is 0 Å². The van der Waals surface area contributed by atoms with Gasteiger partial charge < -0.3 is 5.32 Å². The van der Waals surface area contributed by atoms with Crippen LogP contribution < -0.4 is 5.32 Å². The predicted molar refractivity (Wildman–Crippen MR) is 69.5 cm³/mol. The van der Waals surface area contributed by atoms with Crippen LogP contribution in [0.2, 0.25) is 0 Å². The number of nitrogens with one attached hydrogen (secondary N) is 1. The van der Waals surface area contributed by atoms with E-state index in [1.54, 1.807) is 0 Å². The highest BCUT2D eigenvalue weighted by Gasteiger charge is 2.21. The Hall–Kier alpha value is 0.310. The summed E-state index contributed by atoms with van der Waals surface area (Å²) in [6.45, 7) is 4.92. The first-order chi connectivity index (χ1) is 7.34. The molecule has 2 saturated carbocycles. The largest absolute Gasteiger partial charge is 0.316 e. The van der Waals surface area contributed by atoms with Crippen LogP contribution in [0.3, 0.4) is 0 Å². The smallest absolute Gasteiger partial charge is 0.00608 e. The first kappa shape index (κ1) is 11.8. The summed E-state index contributed by atoms with van der Waals surface area (Å²) in [6.07, 6.45) is 8.82. The molecule has 2 aliphatic rings. The molecule has 1 N–H and O–H groups in total. The number of hydrogen-bond donors (Lipinski definition) is 1. The highest BCUT2D eigenvalue weighted by atomic mass is 32.2. The van der Waals surface area contributed by atoms with Crippen LogP contribution >= 0.6 is 11.8 Å². The van der Waals surface area contributed by atoms with Crippen molar-refractivity contribution in [3.8, 4) is 0 Å². The maximum absolute atomic E-state index is 3.58. The molecule has 0 heterocycles. The fraction of sp³-hybridized carbons (Fsp3) is 1.00. The van der Waals surface area contributed by atoms with Crippen LogP contribution in [0.15, 0.2) is 0 Å². The molecule has 2 atom stereocenters. The van der Waals surface area contributed by atoms with E-state index in [2.05, 4.69) is 24.0 Å². The second-order valence-corrected chi connectivity index (χ2v) is 6.82. The van der Waals surface area contributed by atoms with Crippen molar-refractivity contribution in [2.45, 2.75) is 50.7 Å². The Balaban J connectivity index is 1.45. The lowest BCUT2D eigenvalue weighted by atomic mass is 9.91. The average Bonchev–Trinajstić information content (AvgIpc) is 3.01. The zero-order chi connectivity index (χ0) is 10.5. The minimum absolute atomic E-state index is 0.969. The van der Waals surface area contributed by atoms with Crippen LogP contribution in [0.4, 0.5) is 0 Å². The Bertz CT molecular complexity index is 179. The molecule has 0 aromatic heterocycles. The lowest BCUT2D eigenvalue weighted by Gasteiger charge is -2.26. The Morgan fingerprint density at radius 1 is 1.20 bits per heavy atom. The molecule has 0 saturated heterocycles. The van der Waals surface area contributed by atoms with Crippen molar-refractivity contribution in [3.05, 3.63) is 0 Å². The fourth-order valence-electron chi connectivity index (χ4n) is 2.46. The third kappa shape index (κ3) is 4.78. The standard InChI is InChI=1S/C13H25NS/c1-11-3-2-4-13(9-11)15-8-7-14-10-12-5-6-12/h11-14H,2-10H2,1H3. The van der Waals surface area contributed by atoms with Gasteiger partial charge in [-0.2, -0.15) is 11.8 Å². The van der Waals surface area contributed by atoms with E-state index in [1.165, 1.54) is 57.4 Å². The molecule has 2 fully saturated rings. The summed E-state index contributed by atoms with van der Waals surface area (Å²) in [7, 11) is 0. The SMILES string of the molecule is CC1CCCC(SCCNCC2CC2)C1. The summed E-state index contributed by atoms with van der Waals surface area (Å²) in [5.41, 5.74) is 0. The molecule has 2 unspecified atom stereocenters. The fourth-order valence-corrected chi connectivity index (χ4v) is 3.85. The van der Waals surface area contributed by atoms with E-state index in [9.17, 15) is 0 Å². The van der Waals surface area contributed by atoms with Crippen LogP contribution in [-0.4, -0.2) is 24.1 Å². The molecular weight excluding hydrogens is 202 g/mol. The van der Waals surface area contributed by atoms with Gasteiger partial charge in [0.15, 0.2) is 0 Å². The molecule has 2 rings (SSSR count).